The highest BCUT2D eigenvalue weighted by Gasteiger charge is 2.16. The van der Waals surface area contributed by atoms with Crippen molar-refractivity contribution in [2.75, 3.05) is 13.7 Å². The van der Waals surface area contributed by atoms with E-state index in [0.717, 1.165) is 12.0 Å². The van der Waals surface area contributed by atoms with Gasteiger partial charge in [0.25, 0.3) is 0 Å². The highest BCUT2D eigenvalue weighted by atomic mass is 16.5. The van der Waals surface area contributed by atoms with Crippen molar-refractivity contribution in [3.05, 3.63) is 30.1 Å². The molecule has 2 unspecified atom stereocenters. The SMILES string of the molecule is COCCCC(N)C(=O)NC(C)c1cccnc1. The van der Waals surface area contributed by atoms with Gasteiger partial charge < -0.3 is 15.8 Å². The number of amides is 1. The lowest BCUT2D eigenvalue weighted by Gasteiger charge is -2.17. The fourth-order valence-electron chi connectivity index (χ4n) is 1.61. The summed E-state index contributed by atoms with van der Waals surface area (Å²) in [7, 11) is 1.63. The van der Waals surface area contributed by atoms with Gasteiger partial charge >= 0.3 is 0 Å². The lowest BCUT2D eigenvalue weighted by molar-refractivity contribution is -0.123. The van der Waals surface area contributed by atoms with Crippen molar-refractivity contribution in [2.24, 2.45) is 5.73 Å². The monoisotopic (exact) mass is 251 g/mol. The molecule has 0 aliphatic rings. The molecule has 100 valence electrons. The summed E-state index contributed by atoms with van der Waals surface area (Å²) in [6.07, 6.45) is 4.85. The molecule has 18 heavy (non-hydrogen) atoms. The largest absolute Gasteiger partial charge is 0.385 e. The van der Waals surface area contributed by atoms with E-state index in [1.54, 1.807) is 19.5 Å². The molecule has 0 radical (unpaired) electrons. The summed E-state index contributed by atoms with van der Waals surface area (Å²) in [5, 5.41) is 2.88. The van der Waals surface area contributed by atoms with Crippen molar-refractivity contribution in [3.8, 4) is 0 Å². The maximum atomic E-state index is 11.8. The van der Waals surface area contributed by atoms with Crippen LogP contribution in [0.3, 0.4) is 0 Å². The zero-order valence-electron chi connectivity index (χ0n) is 10.9. The number of pyridine rings is 1. The van der Waals surface area contributed by atoms with Crippen molar-refractivity contribution < 1.29 is 9.53 Å². The number of nitrogens with two attached hydrogens (primary N) is 1. The molecule has 0 bridgehead atoms. The van der Waals surface area contributed by atoms with Crippen LogP contribution in [-0.2, 0) is 9.53 Å². The number of ether oxygens (including phenoxy) is 1. The first-order chi connectivity index (χ1) is 8.65. The van der Waals surface area contributed by atoms with Gasteiger partial charge in [0.05, 0.1) is 12.1 Å². The number of carbonyl (C=O) groups is 1. The highest BCUT2D eigenvalue weighted by Crippen LogP contribution is 2.10. The third kappa shape index (κ3) is 4.81. The van der Waals surface area contributed by atoms with E-state index in [4.69, 9.17) is 10.5 Å². The van der Waals surface area contributed by atoms with Crippen LogP contribution in [0.1, 0.15) is 31.4 Å². The summed E-state index contributed by atoms with van der Waals surface area (Å²) in [5.41, 5.74) is 6.77. The normalized spacial score (nSPS) is 13.9. The van der Waals surface area contributed by atoms with E-state index in [2.05, 4.69) is 10.3 Å². The second kappa shape index (κ2) is 7.79. The number of nitrogens with one attached hydrogen (secondary N) is 1. The third-order valence-electron chi connectivity index (χ3n) is 2.74. The number of nitrogens with zero attached hydrogens (tertiary/aromatic N) is 1. The number of aromatic nitrogens is 1. The first-order valence-corrected chi connectivity index (χ1v) is 6.10. The summed E-state index contributed by atoms with van der Waals surface area (Å²) in [6.45, 7) is 2.54. The topological polar surface area (TPSA) is 77.2 Å². The van der Waals surface area contributed by atoms with E-state index in [0.29, 0.717) is 13.0 Å². The molecule has 1 amide bonds. The fraction of sp³-hybridized carbons (Fsp3) is 0.538. The molecule has 0 spiro atoms. The molecule has 2 atom stereocenters. The van der Waals surface area contributed by atoms with Crippen molar-refractivity contribution in [1.82, 2.24) is 10.3 Å². The second-order valence-electron chi connectivity index (χ2n) is 4.26. The Morgan fingerprint density at radius 2 is 2.39 bits per heavy atom. The van der Waals surface area contributed by atoms with Gasteiger partial charge in [0.1, 0.15) is 0 Å². The van der Waals surface area contributed by atoms with Gasteiger partial charge in [-0.3, -0.25) is 9.78 Å². The first kappa shape index (κ1) is 14.6. The van der Waals surface area contributed by atoms with Crippen LogP contribution in [0.15, 0.2) is 24.5 Å². The van der Waals surface area contributed by atoms with Crippen LogP contribution in [0.5, 0.6) is 0 Å². The Balaban J connectivity index is 2.39. The minimum absolute atomic E-state index is 0.0836. The average Bonchev–Trinajstić information content (AvgIpc) is 2.39. The molecular weight excluding hydrogens is 230 g/mol. The minimum Gasteiger partial charge on any atom is -0.385 e. The molecule has 0 fully saturated rings. The Morgan fingerprint density at radius 3 is 3.00 bits per heavy atom. The summed E-state index contributed by atoms with van der Waals surface area (Å²) >= 11 is 0. The van der Waals surface area contributed by atoms with Crippen LogP contribution in [0.4, 0.5) is 0 Å². The number of methoxy groups -OCH3 is 1. The van der Waals surface area contributed by atoms with Gasteiger partial charge in [0.15, 0.2) is 0 Å². The molecule has 0 saturated heterocycles. The van der Waals surface area contributed by atoms with Crippen LogP contribution in [-0.4, -0.2) is 30.6 Å². The molecule has 0 aliphatic heterocycles. The summed E-state index contributed by atoms with van der Waals surface area (Å²) in [4.78, 5) is 15.8. The predicted molar refractivity (Wildman–Crippen MR) is 69.9 cm³/mol. The molecule has 1 heterocycles. The minimum atomic E-state index is -0.487. The molecule has 5 nitrogen and oxygen atoms in total. The maximum absolute atomic E-state index is 11.8. The molecule has 1 aromatic heterocycles. The van der Waals surface area contributed by atoms with Crippen LogP contribution >= 0.6 is 0 Å². The summed E-state index contributed by atoms with van der Waals surface area (Å²) in [5.74, 6) is -0.137. The number of hydrogen-bond acceptors (Lipinski definition) is 4. The van der Waals surface area contributed by atoms with Crippen molar-refractivity contribution in [3.63, 3.8) is 0 Å². The smallest absolute Gasteiger partial charge is 0.237 e. The molecule has 0 saturated carbocycles. The van der Waals surface area contributed by atoms with Crippen LogP contribution in [0.2, 0.25) is 0 Å². The van der Waals surface area contributed by atoms with E-state index < -0.39 is 6.04 Å². The van der Waals surface area contributed by atoms with Gasteiger partial charge in [-0.2, -0.15) is 0 Å². The van der Waals surface area contributed by atoms with Gasteiger partial charge in [0, 0.05) is 26.1 Å². The summed E-state index contributed by atoms with van der Waals surface area (Å²) < 4.78 is 4.93. The van der Waals surface area contributed by atoms with Crippen LogP contribution in [0, 0.1) is 0 Å². The van der Waals surface area contributed by atoms with E-state index in [1.807, 2.05) is 19.1 Å². The van der Waals surface area contributed by atoms with Crippen molar-refractivity contribution >= 4 is 5.91 Å². The standard InChI is InChI=1S/C13H21N3O2/c1-10(11-5-3-7-15-9-11)16-13(17)12(14)6-4-8-18-2/h3,5,7,9-10,12H,4,6,8,14H2,1-2H3,(H,16,17). The third-order valence-corrected chi connectivity index (χ3v) is 2.74. The number of carbonyl (C=O) groups excluding carboxylic acids is 1. The van der Waals surface area contributed by atoms with Gasteiger partial charge in [-0.25, -0.2) is 0 Å². The quantitative estimate of drug-likeness (QED) is 0.709. The predicted octanol–water partition coefficient (Wildman–Crippen LogP) is 1.01. The van der Waals surface area contributed by atoms with E-state index in [1.165, 1.54) is 0 Å². The molecule has 1 rings (SSSR count). The van der Waals surface area contributed by atoms with E-state index in [9.17, 15) is 4.79 Å². The Morgan fingerprint density at radius 1 is 1.61 bits per heavy atom. The van der Waals surface area contributed by atoms with Gasteiger partial charge in [-0.1, -0.05) is 6.07 Å². The average molecular weight is 251 g/mol. The summed E-state index contributed by atoms with van der Waals surface area (Å²) in [6, 6.07) is 3.20. The first-order valence-electron chi connectivity index (χ1n) is 6.10. The molecule has 0 aromatic carbocycles. The Labute approximate surface area is 108 Å². The molecular formula is C13H21N3O2. The van der Waals surface area contributed by atoms with Gasteiger partial charge in [-0.05, 0) is 31.4 Å². The van der Waals surface area contributed by atoms with Crippen molar-refractivity contribution in [2.45, 2.75) is 31.8 Å². The second-order valence-corrected chi connectivity index (χ2v) is 4.26. The number of hydrogen-bond donors (Lipinski definition) is 2. The lowest BCUT2D eigenvalue weighted by atomic mass is 10.1. The molecule has 3 N–H and O–H groups in total. The Hall–Kier alpha value is -1.46. The Kier molecular flexibility index (Phi) is 6.32. The number of rotatable bonds is 7. The zero-order valence-corrected chi connectivity index (χ0v) is 10.9. The lowest BCUT2D eigenvalue weighted by Crippen LogP contribution is -2.41. The van der Waals surface area contributed by atoms with E-state index in [-0.39, 0.29) is 11.9 Å². The van der Waals surface area contributed by atoms with Gasteiger partial charge in [0.2, 0.25) is 5.91 Å². The van der Waals surface area contributed by atoms with Crippen molar-refractivity contribution in [1.29, 1.82) is 0 Å². The van der Waals surface area contributed by atoms with Gasteiger partial charge in [-0.15, -0.1) is 0 Å². The zero-order chi connectivity index (χ0) is 13.4. The highest BCUT2D eigenvalue weighted by molar-refractivity contribution is 5.81. The fourth-order valence-corrected chi connectivity index (χ4v) is 1.61. The van der Waals surface area contributed by atoms with Crippen LogP contribution in [0.25, 0.3) is 0 Å². The van der Waals surface area contributed by atoms with E-state index >= 15 is 0 Å². The molecule has 1 aromatic rings. The molecule has 5 heteroatoms. The molecule has 0 aliphatic carbocycles. The van der Waals surface area contributed by atoms with Crippen LogP contribution < -0.4 is 11.1 Å². The maximum Gasteiger partial charge on any atom is 0.237 e. The Bertz CT molecular complexity index is 357.